The fourth-order valence-corrected chi connectivity index (χ4v) is 3.90. The molecule has 0 spiro atoms. The Morgan fingerprint density at radius 2 is 1.92 bits per heavy atom. The number of nitrogens with zero attached hydrogens (tertiary/aromatic N) is 2. The number of ether oxygens (including phenoxy) is 2. The van der Waals surface area contributed by atoms with Crippen LogP contribution in [0.5, 0.6) is 11.5 Å². The SMILES string of the molecule is Cc1ccc(CC(=O)N=c2sc3cc4c(cc3n2C)OCO4)cc1C. The molecule has 1 aliphatic rings. The van der Waals surface area contributed by atoms with Crippen LogP contribution in [0.15, 0.2) is 35.3 Å². The van der Waals surface area contributed by atoms with Gasteiger partial charge in [-0.25, -0.2) is 0 Å². The second-order valence-corrected chi connectivity index (χ2v) is 7.23. The second kappa shape index (κ2) is 6.04. The third-order valence-corrected chi connectivity index (χ3v) is 5.55. The number of rotatable bonds is 2. The lowest BCUT2D eigenvalue weighted by Crippen LogP contribution is -2.14. The number of benzene rings is 2. The van der Waals surface area contributed by atoms with E-state index in [2.05, 4.69) is 18.8 Å². The first-order valence-corrected chi connectivity index (χ1v) is 8.86. The highest BCUT2D eigenvalue weighted by Gasteiger charge is 2.16. The predicted octanol–water partition coefficient (Wildman–Crippen LogP) is 3.26. The summed E-state index contributed by atoms with van der Waals surface area (Å²) in [5, 5.41) is 0. The van der Waals surface area contributed by atoms with Gasteiger partial charge in [0.25, 0.3) is 5.91 Å². The fourth-order valence-electron chi connectivity index (χ4n) is 2.86. The monoisotopic (exact) mass is 354 g/mol. The number of aryl methyl sites for hydroxylation is 3. The van der Waals surface area contributed by atoms with Crippen LogP contribution in [-0.2, 0) is 18.3 Å². The number of hydrogen-bond acceptors (Lipinski definition) is 4. The van der Waals surface area contributed by atoms with E-state index in [4.69, 9.17) is 9.47 Å². The van der Waals surface area contributed by atoms with E-state index < -0.39 is 0 Å². The highest BCUT2D eigenvalue weighted by molar-refractivity contribution is 7.16. The van der Waals surface area contributed by atoms with Crippen molar-refractivity contribution in [3.05, 3.63) is 51.8 Å². The van der Waals surface area contributed by atoms with E-state index >= 15 is 0 Å². The summed E-state index contributed by atoms with van der Waals surface area (Å²) in [7, 11) is 1.91. The number of fused-ring (bicyclic) bond motifs is 2. The lowest BCUT2D eigenvalue weighted by Gasteiger charge is -2.02. The van der Waals surface area contributed by atoms with Gasteiger partial charge in [-0.3, -0.25) is 4.79 Å². The molecule has 0 unspecified atom stereocenters. The maximum Gasteiger partial charge on any atom is 0.252 e. The summed E-state index contributed by atoms with van der Waals surface area (Å²) in [6.07, 6.45) is 0.304. The second-order valence-electron chi connectivity index (χ2n) is 6.22. The Bertz CT molecular complexity index is 1060. The van der Waals surface area contributed by atoms with Gasteiger partial charge >= 0.3 is 0 Å². The van der Waals surface area contributed by atoms with Crippen molar-refractivity contribution < 1.29 is 14.3 Å². The first-order chi connectivity index (χ1) is 12.0. The molecular formula is C19H18N2O3S. The molecule has 0 saturated heterocycles. The molecule has 0 radical (unpaired) electrons. The Labute approximate surface area is 149 Å². The molecule has 0 saturated carbocycles. The maximum absolute atomic E-state index is 12.4. The van der Waals surface area contributed by atoms with Crippen molar-refractivity contribution in [3.8, 4) is 11.5 Å². The number of thiazole rings is 1. The molecule has 5 nitrogen and oxygen atoms in total. The average molecular weight is 354 g/mol. The van der Waals surface area contributed by atoms with E-state index in [0.717, 1.165) is 27.3 Å². The zero-order valence-corrected chi connectivity index (χ0v) is 15.1. The molecule has 128 valence electrons. The molecule has 0 aliphatic carbocycles. The van der Waals surface area contributed by atoms with Crippen molar-refractivity contribution in [2.45, 2.75) is 20.3 Å². The summed E-state index contributed by atoms with van der Waals surface area (Å²) in [5.41, 5.74) is 4.38. The average Bonchev–Trinajstić information content (AvgIpc) is 3.14. The summed E-state index contributed by atoms with van der Waals surface area (Å²) >= 11 is 1.47. The van der Waals surface area contributed by atoms with Crippen molar-refractivity contribution in [2.24, 2.45) is 12.0 Å². The number of carbonyl (C=O) groups excluding carboxylic acids is 1. The van der Waals surface area contributed by atoms with Gasteiger partial charge in [0.2, 0.25) is 6.79 Å². The largest absolute Gasteiger partial charge is 0.454 e. The lowest BCUT2D eigenvalue weighted by molar-refractivity contribution is -0.117. The number of aromatic nitrogens is 1. The van der Waals surface area contributed by atoms with Crippen LogP contribution in [0.2, 0.25) is 0 Å². The Balaban J connectivity index is 1.67. The summed E-state index contributed by atoms with van der Waals surface area (Å²) < 4.78 is 13.8. The van der Waals surface area contributed by atoms with E-state index in [1.807, 2.05) is 41.9 Å². The van der Waals surface area contributed by atoms with Crippen LogP contribution in [0, 0.1) is 13.8 Å². The fraction of sp³-hybridized carbons (Fsp3) is 0.263. The maximum atomic E-state index is 12.4. The predicted molar refractivity (Wildman–Crippen MR) is 97.1 cm³/mol. The van der Waals surface area contributed by atoms with Gasteiger partial charge in [0.1, 0.15) is 0 Å². The molecular weight excluding hydrogens is 336 g/mol. The smallest absolute Gasteiger partial charge is 0.252 e. The summed E-state index contributed by atoms with van der Waals surface area (Å²) in [4.78, 5) is 17.4. The van der Waals surface area contributed by atoms with Crippen molar-refractivity contribution in [1.29, 1.82) is 0 Å². The van der Waals surface area contributed by atoms with Crippen molar-refractivity contribution >= 4 is 27.5 Å². The Morgan fingerprint density at radius 1 is 1.16 bits per heavy atom. The quantitative estimate of drug-likeness (QED) is 0.710. The van der Waals surface area contributed by atoms with Crippen LogP contribution in [0.25, 0.3) is 10.2 Å². The molecule has 1 aliphatic heterocycles. The summed E-state index contributed by atoms with van der Waals surface area (Å²) in [6, 6.07) is 9.95. The minimum absolute atomic E-state index is 0.148. The molecule has 4 rings (SSSR count). The standard InChI is InChI=1S/C19H18N2O3S/c1-11-4-5-13(6-12(11)2)7-18(22)20-19-21(3)14-8-15-16(24-10-23-15)9-17(14)25-19/h4-6,8-9H,7,10H2,1-3H3. The van der Waals surface area contributed by atoms with E-state index in [-0.39, 0.29) is 12.7 Å². The zero-order valence-electron chi connectivity index (χ0n) is 14.3. The van der Waals surface area contributed by atoms with Crippen molar-refractivity contribution in [3.63, 3.8) is 0 Å². The van der Waals surface area contributed by atoms with Gasteiger partial charge in [0.05, 0.1) is 16.6 Å². The third kappa shape index (κ3) is 2.93. The third-order valence-electron chi connectivity index (χ3n) is 4.45. The molecule has 0 fully saturated rings. The number of amides is 1. The molecule has 2 heterocycles. The van der Waals surface area contributed by atoms with Crippen LogP contribution < -0.4 is 14.3 Å². The van der Waals surface area contributed by atoms with Gasteiger partial charge in [0, 0.05) is 19.2 Å². The Morgan fingerprint density at radius 3 is 2.68 bits per heavy atom. The Kier molecular flexibility index (Phi) is 3.84. The summed E-state index contributed by atoms with van der Waals surface area (Å²) in [5.74, 6) is 1.32. The van der Waals surface area contributed by atoms with Crippen LogP contribution >= 0.6 is 11.3 Å². The zero-order chi connectivity index (χ0) is 17.6. The van der Waals surface area contributed by atoms with Gasteiger partial charge in [-0.15, -0.1) is 0 Å². The van der Waals surface area contributed by atoms with Crippen LogP contribution in [0.1, 0.15) is 16.7 Å². The molecule has 2 aromatic carbocycles. The molecule has 1 aromatic heterocycles. The molecule has 1 amide bonds. The molecule has 25 heavy (non-hydrogen) atoms. The van der Waals surface area contributed by atoms with E-state index in [1.165, 1.54) is 22.5 Å². The van der Waals surface area contributed by atoms with Crippen molar-refractivity contribution in [1.82, 2.24) is 4.57 Å². The van der Waals surface area contributed by atoms with E-state index in [0.29, 0.717) is 11.2 Å². The minimum Gasteiger partial charge on any atom is -0.454 e. The summed E-state index contributed by atoms with van der Waals surface area (Å²) in [6.45, 7) is 4.37. The molecule has 0 N–H and O–H groups in total. The molecule has 0 atom stereocenters. The van der Waals surface area contributed by atoms with Gasteiger partial charge in [0.15, 0.2) is 16.3 Å². The minimum atomic E-state index is -0.148. The van der Waals surface area contributed by atoms with Crippen LogP contribution in [-0.4, -0.2) is 17.3 Å². The first kappa shape index (κ1) is 15.9. The lowest BCUT2D eigenvalue weighted by atomic mass is 10.0. The number of hydrogen-bond donors (Lipinski definition) is 0. The topological polar surface area (TPSA) is 52.8 Å². The molecule has 6 heteroatoms. The highest BCUT2D eigenvalue weighted by atomic mass is 32.1. The Hall–Kier alpha value is -2.60. The molecule has 3 aromatic rings. The van der Waals surface area contributed by atoms with Gasteiger partial charge in [-0.05, 0) is 30.5 Å². The van der Waals surface area contributed by atoms with Gasteiger partial charge < -0.3 is 14.0 Å². The highest BCUT2D eigenvalue weighted by Crippen LogP contribution is 2.36. The normalized spacial score (nSPS) is 13.6. The van der Waals surface area contributed by atoms with Crippen LogP contribution in [0.3, 0.4) is 0 Å². The van der Waals surface area contributed by atoms with E-state index in [9.17, 15) is 4.79 Å². The van der Waals surface area contributed by atoms with Crippen LogP contribution in [0.4, 0.5) is 0 Å². The van der Waals surface area contributed by atoms with Gasteiger partial charge in [-0.2, -0.15) is 4.99 Å². The van der Waals surface area contributed by atoms with Gasteiger partial charge in [-0.1, -0.05) is 29.5 Å². The van der Waals surface area contributed by atoms with E-state index in [1.54, 1.807) is 0 Å². The molecule has 0 bridgehead atoms. The number of carbonyl (C=O) groups is 1. The first-order valence-electron chi connectivity index (χ1n) is 8.04. The van der Waals surface area contributed by atoms with Crippen molar-refractivity contribution in [2.75, 3.05) is 6.79 Å².